The lowest BCUT2D eigenvalue weighted by Gasteiger charge is -2.28. The molecule has 1 aromatic carbocycles. The molecule has 2 aromatic rings. The van der Waals surface area contributed by atoms with Gasteiger partial charge in [0, 0.05) is 18.3 Å². The number of nitrogens with zero attached hydrogens (tertiary/aromatic N) is 4. The van der Waals surface area contributed by atoms with Gasteiger partial charge in [-0.3, -0.25) is 0 Å². The van der Waals surface area contributed by atoms with Crippen LogP contribution in [0.25, 0.3) is 11.4 Å². The molecule has 3 rings (SSSR count). The van der Waals surface area contributed by atoms with Crippen LogP contribution < -0.4 is 10.6 Å². The molecule has 8 nitrogen and oxygen atoms in total. The number of hydrogen-bond acceptors (Lipinski definition) is 5. The summed E-state index contributed by atoms with van der Waals surface area (Å²) in [6.07, 6.45) is 3.11. The molecule has 0 unspecified atom stereocenters. The predicted octanol–water partition coefficient (Wildman–Crippen LogP) is 1.30. The summed E-state index contributed by atoms with van der Waals surface area (Å²) >= 11 is 0. The first-order valence-corrected chi connectivity index (χ1v) is 7.72. The van der Waals surface area contributed by atoms with Crippen molar-refractivity contribution < 1.29 is 9.90 Å². The van der Waals surface area contributed by atoms with Crippen molar-refractivity contribution in [2.24, 2.45) is 7.05 Å². The lowest BCUT2D eigenvalue weighted by Crippen LogP contribution is -2.46. The molecule has 2 amide bonds. The summed E-state index contributed by atoms with van der Waals surface area (Å²) in [5, 5.41) is 26.9. The van der Waals surface area contributed by atoms with Crippen molar-refractivity contribution in [2.45, 2.75) is 37.8 Å². The second kappa shape index (κ2) is 6.74. The zero-order valence-corrected chi connectivity index (χ0v) is 12.9. The minimum atomic E-state index is -0.467. The Hall–Kier alpha value is -2.48. The Bertz CT molecular complexity index is 686. The number of urea groups is 1. The van der Waals surface area contributed by atoms with Gasteiger partial charge in [-0.1, -0.05) is 25.0 Å². The van der Waals surface area contributed by atoms with E-state index in [9.17, 15) is 9.90 Å². The first-order chi connectivity index (χ1) is 11.1. The van der Waals surface area contributed by atoms with E-state index in [2.05, 4.69) is 26.2 Å². The van der Waals surface area contributed by atoms with Gasteiger partial charge in [0.2, 0.25) is 0 Å². The van der Waals surface area contributed by atoms with Gasteiger partial charge in [-0.15, -0.1) is 5.10 Å². The van der Waals surface area contributed by atoms with Crippen LogP contribution in [0.5, 0.6) is 0 Å². The highest BCUT2D eigenvalue weighted by Crippen LogP contribution is 2.20. The number of aliphatic hydroxyl groups is 1. The molecule has 0 radical (unpaired) electrons. The summed E-state index contributed by atoms with van der Waals surface area (Å²) in [7, 11) is 1.76. The Kier molecular flexibility index (Phi) is 4.52. The summed E-state index contributed by atoms with van der Waals surface area (Å²) in [5.74, 6) is 0.622. The topological polar surface area (TPSA) is 105 Å². The third-order valence-electron chi connectivity index (χ3n) is 4.04. The Balaban J connectivity index is 1.66. The molecule has 2 atom stereocenters. The largest absolute Gasteiger partial charge is 0.391 e. The van der Waals surface area contributed by atoms with Crippen molar-refractivity contribution >= 4 is 11.7 Å². The fraction of sp³-hybridized carbons (Fsp3) is 0.467. The van der Waals surface area contributed by atoms with E-state index in [4.69, 9.17) is 0 Å². The van der Waals surface area contributed by atoms with Crippen LogP contribution in [0.1, 0.15) is 25.7 Å². The van der Waals surface area contributed by atoms with E-state index in [0.29, 0.717) is 11.5 Å². The number of anilines is 1. The first kappa shape index (κ1) is 15.4. The highest BCUT2D eigenvalue weighted by Gasteiger charge is 2.24. The van der Waals surface area contributed by atoms with Crippen molar-refractivity contribution in [3.05, 3.63) is 24.3 Å². The van der Waals surface area contributed by atoms with Crippen molar-refractivity contribution in [2.75, 3.05) is 5.32 Å². The van der Waals surface area contributed by atoms with Gasteiger partial charge in [-0.2, -0.15) is 0 Å². The number of hydrogen-bond donors (Lipinski definition) is 3. The summed E-state index contributed by atoms with van der Waals surface area (Å²) in [6, 6.07) is 6.81. The lowest BCUT2D eigenvalue weighted by atomic mass is 9.93. The van der Waals surface area contributed by atoms with Crippen LogP contribution in [0, 0.1) is 0 Å². The van der Waals surface area contributed by atoms with Crippen LogP contribution in [0.2, 0.25) is 0 Å². The van der Waals surface area contributed by atoms with Crippen molar-refractivity contribution in [1.29, 1.82) is 0 Å². The highest BCUT2D eigenvalue weighted by molar-refractivity contribution is 5.90. The van der Waals surface area contributed by atoms with E-state index in [1.807, 2.05) is 18.2 Å². The fourth-order valence-corrected chi connectivity index (χ4v) is 2.83. The van der Waals surface area contributed by atoms with E-state index in [1.165, 1.54) is 0 Å². The average molecular weight is 316 g/mol. The van der Waals surface area contributed by atoms with E-state index in [-0.39, 0.29) is 12.1 Å². The van der Waals surface area contributed by atoms with Gasteiger partial charge in [0.25, 0.3) is 0 Å². The van der Waals surface area contributed by atoms with Crippen molar-refractivity contribution in [1.82, 2.24) is 25.5 Å². The maximum atomic E-state index is 12.1. The van der Waals surface area contributed by atoms with Crippen LogP contribution >= 0.6 is 0 Å². The molecular weight excluding hydrogens is 296 g/mol. The molecule has 0 bridgehead atoms. The van der Waals surface area contributed by atoms with E-state index < -0.39 is 6.10 Å². The molecule has 0 saturated heterocycles. The number of tetrazole rings is 1. The average Bonchev–Trinajstić information content (AvgIpc) is 2.96. The zero-order chi connectivity index (χ0) is 16.2. The van der Waals surface area contributed by atoms with Gasteiger partial charge in [-0.05, 0) is 35.4 Å². The third-order valence-corrected chi connectivity index (χ3v) is 4.04. The molecule has 8 heteroatoms. The van der Waals surface area contributed by atoms with Gasteiger partial charge in [0.1, 0.15) is 0 Å². The highest BCUT2D eigenvalue weighted by atomic mass is 16.3. The van der Waals surface area contributed by atoms with Gasteiger partial charge in [-0.25, -0.2) is 9.48 Å². The summed E-state index contributed by atoms with van der Waals surface area (Å²) in [6.45, 7) is 0. The van der Waals surface area contributed by atoms with Gasteiger partial charge >= 0.3 is 6.03 Å². The molecule has 23 heavy (non-hydrogen) atoms. The second-order valence-corrected chi connectivity index (χ2v) is 5.76. The maximum absolute atomic E-state index is 12.1. The molecule has 122 valence electrons. The predicted molar refractivity (Wildman–Crippen MR) is 84.7 cm³/mol. The van der Waals surface area contributed by atoms with Crippen LogP contribution in [-0.2, 0) is 7.05 Å². The summed E-state index contributed by atoms with van der Waals surface area (Å²) in [4.78, 5) is 12.1. The molecule has 1 aromatic heterocycles. The number of carbonyl (C=O) groups excluding carboxylic acids is 1. The number of rotatable bonds is 3. The van der Waals surface area contributed by atoms with Crippen LogP contribution in [0.3, 0.4) is 0 Å². The number of nitrogens with one attached hydrogen (secondary N) is 2. The zero-order valence-electron chi connectivity index (χ0n) is 12.9. The minimum Gasteiger partial charge on any atom is -0.391 e. The number of carbonyl (C=O) groups is 1. The van der Waals surface area contributed by atoms with Gasteiger partial charge < -0.3 is 15.7 Å². The van der Waals surface area contributed by atoms with E-state index >= 15 is 0 Å². The Morgan fingerprint density at radius 3 is 2.91 bits per heavy atom. The minimum absolute atomic E-state index is 0.185. The standard InChI is InChI=1S/C15H20N6O2/c1-21-14(18-19-20-21)10-5-4-6-11(9-10)16-15(23)17-12-7-2-3-8-13(12)22/h4-6,9,12-13,22H,2-3,7-8H2,1H3,(H2,16,17,23)/t12-,13+/m1/s1. The Morgan fingerprint density at radius 2 is 2.17 bits per heavy atom. The molecular formula is C15H20N6O2. The van der Waals surface area contributed by atoms with Crippen molar-refractivity contribution in [3.8, 4) is 11.4 Å². The number of benzene rings is 1. The number of aryl methyl sites for hydroxylation is 1. The molecule has 1 saturated carbocycles. The molecule has 0 spiro atoms. The maximum Gasteiger partial charge on any atom is 0.319 e. The van der Waals surface area contributed by atoms with Gasteiger partial charge in [0.05, 0.1) is 12.1 Å². The van der Waals surface area contributed by atoms with E-state index in [0.717, 1.165) is 31.2 Å². The molecule has 1 fully saturated rings. The smallest absolute Gasteiger partial charge is 0.319 e. The van der Waals surface area contributed by atoms with Crippen LogP contribution in [0.4, 0.5) is 10.5 Å². The summed E-state index contributed by atoms with van der Waals surface area (Å²) < 4.78 is 1.57. The van der Waals surface area contributed by atoms with Crippen LogP contribution in [0.15, 0.2) is 24.3 Å². The SMILES string of the molecule is Cn1nnnc1-c1cccc(NC(=O)N[C@@H]2CCCC[C@@H]2O)c1. The number of aromatic nitrogens is 4. The monoisotopic (exact) mass is 316 g/mol. The normalized spacial score (nSPS) is 21.0. The van der Waals surface area contributed by atoms with Crippen molar-refractivity contribution in [3.63, 3.8) is 0 Å². The summed E-state index contributed by atoms with van der Waals surface area (Å²) in [5.41, 5.74) is 1.46. The Morgan fingerprint density at radius 1 is 1.35 bits per heavy atom. The molecule has 1 aliphatic carbocycles. The van der Waals surface area contributed by atoms with Crippen LogP contribution in [-0.4, -0.2) is 43.5 Å². The third kappa shape index (κ3) is 3.65. The molecule has 1 heterocycles. The quantitative estimate of drug-likeness (QED) is 0.791. The fourth-order valence-electron chi connectivity index (χ4n) is 2.83. The second-order valence-electron chi connectivity index (χ2n) is 5.76. The number of aliphatic hydroxyl groups excluding tert-OH is 1. The Labute approximate surface area is 133 Å². The number of amides is 2. The first-order valence-electron chi connectivity index (χ1n) is 7.72. The molecule has 1 aliphatic rings. The molecule has 3 N–H and O–H groups in total. The van der Waals surface area contributed by atoms with E-state index in [1.54, 1.807) is 17.8 Å². The van der Waals surface area contributed by atoms with Gasteiger partial charge in [0.15, 0.2) is 5.82 Å². The molecule has 0 aliphatic heterocycles. The lowest BCUT2D eigenvalue weighted by molar-refractivity contribution is 0.0955.